The van der Waals surface area contributed by atoms with E-state index in [1.807, 2.05) is 10.9 Å². The van der Waals surface area contributed by atoms with Crippen LogP contribution in [0, 0.1) is 0 Å². The van der Waals surface area contributed by atoms with Gasteiger partial charge in [-0.1, -0.05) is 37.3 Å². The highest BCUT2D eigenvalue weighted by atomic mass is 35.5. The summed E-state index contributed by atoms with van der Waals surface area (Å²) in [5.41, 5.74) is 1.41. The minimum atomic E-state index is -0.230. The molecule has 0 fully saturated rings. The van der Waals surface area contributed by atoms with Gasteiger partial charge in [0.2, 0.25) is 5.91 Å². The standard InChI is InChI=1S/C8H10.C2H4ClNO/c1-2-8-6-4-3-5-7-8;1-2(5)4-3/h3-7H,2H2,1H3;1H3,(H,4,5). The van der Waals surface area contributed by atoms with Gasteiger partial charge in [-0.2, -0.15) is 0 Å². The molecule has 2 nitrogen and oxygen atoms in total. The molecule has 0 radical (unpaired) electrons. The fraction of sp³-hybridized carbons (Fsp3) is 0.300. The smallest absolute Gasteiger partial charge is 0.231 e. The molecule has 0 bridgehead atoms. The molecule has 0 atom stereocenters. The fourth-order valence-corrected chi connectivity index (χ4v) is 0.714. The van der Waals surface area contributed by atoms with Gasteiger partial charge < -0.3 is 0 Å². The van der Waals surface area contributed by atoms with Crippen LogP contribution in [-0.2, 0) is 11.2 Å². The maximum absolute atomic E-state index is 9.57. The summed E-state index contributed by atoms with van der Waals surface area (Å²) in [7, 11) is 0. The second-order valence-corrected chi connectivity index (χ2v) is 2.68. The summed E-state index contributed by atoms with van der Waals surface area (Å²) in [6, 6.07) is 10.5. The first-order valence-corrected chi connectivity index (χ1v) is 4.49. The Hall–Kier alpha value is -1.02. The van der Waals surface area contributed by atoms with Crippen LogP contribution < -0.4 is 4.84 Å². The Bertz CT molecular complexity index is 236. The Morgan fingerprint density at radius 1 is 1.38 bits per heavy atom. The summed E-state index contributed by atoms with van der Waals surface area (Å²) >= 11 is 4.74. The van der Waals surface area contributed by atoms with Crippen LogP contribution in [0.25, 0.3) is 0 Å². The summed E-state index contributed by atoms with van der Waals surface area (Å²) in [6.07, 6.45) is 1.14. The van der Waals surface area contributed by atoms with Crippen LogP contribution in [0.2, 0.25) is 0 Å². The lowest BCUT2D eigenvalue weighted by Crippen LogP contribution is -2.04. The Balaban J connectivity index is 0.000000252. The largest absolute Gasteiger partial charge is 0.274 e. The molecule has 0 spiro atoms. The number of hydrogen-bond acceptors (Lipinski definition) is 1. The summed E-state index contributed by atoms with van der Waals surface area (Å²) in [5.74, 6) is -0.230. The normalized spacial score (nSPS) is 8.23. The molecule has 1 rings (SSSR count). The third kappa shape index (κ3) is 7.34. The molecule has 13 heavy (non-hydrogen) atoms. The van der Waals surface area contributed by atoms with Crippen molar-refractivity contribution >= 4 is 17.7 Å². The number of hydrogen-bond donors (Lipinski definition) is 1. The van der Waals surface area contributed by atoms with Gasteiger partial charge in [-0.05, 0) is 12.0 Å². The number of rotatable bonds is 1. The maximum Gasteiger partial charge on any atom is 0.231 e. The van der Waals surface area contributed by atoms with E-state index in [-0.39, 0.29) is 5.91 Å². The number of benzene rings is 1. The Morgan fingerprint density at radius 3 is 2.08 bits per heavy atom. The SMILES string of the molecule is CC(=O)NCl.CCc1ccccc1. The lowest BCUT2D eigenvalue weighted by Gasteiger charge is -1.89. The van der Waals surface area contributed by atoms with Crippen molar-refractivity contribution in [3.8, 4) is 0 Å². The monoisotopic (exact) mass is 199 g/mol. The summed E-state index contributed by atoms with van der Waals surface area (Å²) < 4.78 is 0. The number of nitrogens with one attached hydrogen (secondary N) is 1. The van der Waals surface area contributed by atoms with Crippen molar-refractivity contribution in [3.63, 3.8) is 0 Å². The van der Waals surface area contributed by atoms with Gasteiger partial charge in [-0.3, -0.25) is 9.63 Å². The Labute approximate surface area is 84.0 Å². The van der Waals surface area contributed by atoms with Crippen LogP contribution >= 0.6 is 11.8 Å². The van der Waals surface area contributed by atoms with Gasteiger partial charge >= 0.3 is 0 Å². The highest BCUT2D eigenvalue weighted by Gasteiger charge is 1.80. The van der Waals surface area contributed by atoms with Crippen molar-refractivity contribution in [2.24, 2.45) is 0 Å². The molecular weight excluding hydrogens is 186 g/mol. The highest BCUT2D eigenvalue weighted by molar-refractivity contribution is 6.20. The van der Waals surface area contributed by atoms with Crippen molar-refractivity contribution in [1.82, 2.24) is 4.84 Å². The van der Waals surface area contributed by atoms with Crippen molar-refractivity contribution in [2.75, 3.05) is 0 Å². The molecule has 1 amide bonds. The molecular formula is C10H14ClNO. The molecule has 1 aromatic carbocycles. The van der Waals surface area contributed by atoms with Crippen LogP contribution in [0.1, 0.15) is 19.4 Å². The second kappa shape index (κ2) is 7.62. The lowest BCUT2D eigenvalue weighted by atomic mass is 10.2. The van der Waals surface area contributed by atoms with E-state index in [1.54, 1.807) is 0 Å². The maximum atomic E-state index is 9.57. The van der Waals surface area contributed by atoms with Crippen molar-refractivity contribution in [2.45, 2.75) is 20.3 Å². The Kier molecular flexibility index (Phi) is 7.02. The first kappa shape index (κ1) is 12.0. The van der Waals surface area contributed by atoms with Crippen LogP contribution in [0.4, 0.5) is 0 Å². The van der Waals surface area contributed by atoms with Gasteiger partial charge in [0.25, 0.3) is 0 Å². The first-order valence-electron chi connectivity index (χ1n) is 4.11. The zero-order valence-electron chi connectivity index (χ0n) is 7.88. The molecule has 0 aliphatic rings. The van der Waals surface area contributed by atoms with Crippen LogP contribution in [0.15, 0.2) is 30.3 Å². The van der Waals surface area contributed by atoms with Gasteiger partial charge in [-0.25, -0.2) is 0 Å². The average molecular weight is 200 g/mol. The zero-order valence-corrected chi connectivity index (χ0v) is 8.64. The predicted octanol–water partition coefficient (Wildman–Crippen LogP) is 2.53. The number of carbonyl (C=O) groups is 1. The number of amides is 1. The third-order valence-corrected chi connectivity index (χ3v) is 1.65. The van der Waals surface area contributed by atoms with E-state index in [0.717, 1.165) is 6.42 Å². The summed E-state index contributed by atoms with van der Waals surface area (Å²) in [6.45, 7) is 3.50. The molecule has 72 valence electrons. The zero-order chi connectivity index (χ0) is 10.1. The molecule has 1 aromatic rings. The van der Waals surface area contributed by atoms with Crippen LogP contribution in [0.5, 0.6) is 0 Å². The van der Waals surface area contributed by atoms with E-state index < -0.39 is 0 Å². The van der Waals surface area contributed by atoms with Gasteiger partial charge in [0.05, 0.1) is 0 Å². The van der Waals surface area contributed by atoms with E-state index in [1.165, 1.54) is 12.5 Å². The number of carbonyl (C=O) groups excluding carboxylic acids is 1. The minimum Gasteiger partial charge on any atom is -0.274 e. The molecule has 3 heteroatoms. The lowest BCUT2D eigenvalue weighted by molar-refractivity contribution is -0.117. The van der Waals surface area contributed by atoms with Gasteiger partial charge in [0.15, 0.2) is 0 Å². The molecule has 0 aromatic heterocycles. The minimum absolute atomic E-state index is 0.230. The molecule has 0 aliphatic carbocycles. The molecule has 0 saturated heterocycles. The third-order valence-electron chi connectivity index (χ3n) is 1.38. The molecule has 0 saturated carbocycles. The van der Waals surface area contributed by atoms with Crippen LogP contribution in [0.3, 0.4) is 0 Å². The van der Waals surface area contributed by atoms with Crippen molar-refractivity contribution < 1.29 is 4.79 Å². The van der Waals surface area contributed by atoms with Gasteiger partial charge in [0, 0.05) is 18.7 Å². The molecule has 1 N–H and O–H groups in total. The first-order chi connectivity index (χ1) is 6.20. The van der Waals surface area contributed by atoms with Gasteiger partial charge in [-0.15, -0.1) is 0 Å². The van der Waals surface area contributed by atoms with Crippen LogP contribution in [-0.4, -0.2) is 5.91 Å². The van der Waals surface area contributed by atoms with Crippen molar-refractivity contribution in [3.05, 3.63) is 35.9 Å². The van der Waals surface area contributed by atoms with E-state index in [2.05, 4.69) is 31.2 Å². The van der Waals surface area contributed by atoms with E-state index in [0.29, 0.717) is 0 Å². The molecule has 0 unspecified atom stereocenters. The van der Waals surface area contributed by atoms with E-state index in [4.69, 9.17) is 11.8 Å². The average Bonchev–Trinajstić information content (AvgIpc) is 2.20. The topological polar surface area (TPSA) is 29.1 Å². The van der Waals surface area contributed by atoms with E-state index >= 15 is 0 Å². The predicted molar refractivity (Wildman–Crippen MR) is 55.5 cm³/mol. The highest BCUT2D eigenvalue weighted by Crippen LogP contribution is 1.96. The molecule has 0 aliphatic heterocycles. The van der Waals surface area contributed by atoms with E-state index in [9.17, 15) is 4.79 Å². The van der Waals surface area contributed by atoms with Crippen molar-refractivity contribution in [1.29, 1.82) is 0 Å². The fourth-order valence-electron chi connectivity index (χ4n) is 0.714. The second-order valence-electron chi connectivity index (χ2n) is 2.49. The number of aryl methyl sites for hydroxylation is 1. The molecule has 0 heterocycles. The van der Waals surface area contributed by atoms with Gasteiger partial charge in [0.1, 0.15) is 0 Å². The quantitative estimate of drug-likeness (QED) is 0.692. The number of halogens is 1. The Morgan fingerprint density at radius 2 is 1.85 bits per heavy atom. The summed E-state index contributed by atoms with van der Waals surface area (Å²) in [4.78, 5) is 11.4. The summed E-state index contributed by atoms with van der Waals surface area (Å²) in [5, 5.41) is 0.